The first-order valence-electron chi connectivity index (χ1n) is 38.6. The number of carbonyl (C=O) groups excluding carboxylic acids is 4. The lowest BCUT2D eigenvalue weighted by Gasteiger charge is -2.21. The van der Waals surface area contributed by atoms with Crippen LogP contribution < -0.4 is 18.9 Å². The molecule has 8 heterocycles. The van der Waals surface area contributed by atoms with E-state index in [9.17, 15) is 32.3 Å². The first-order valence-corrected chi connectivity index (χ1v) is 38.6. The number of hydrogen-bond donors (Lipinski definition) is 1. The van der Waals surface area contributed by atoms with Gasteiger partial charge in [0.25, 0.3) is 0 Å². The zero-order chi connectivity index (χ0) is 79.9. The maximum atomic E-state index is 12.5. The molecule has 24 nitrogen and oxygen atoms in total. The first-order chi connectivity index (χ1) is 53.9. The Balaban J connectivity index is 0.000000125. The molecular weight excluding hydrogens is 1440 g/mol. The average Bonchev–Trinajstić information content (AvgIpc) is 1.66. The lowest BCUT2D eigenvalue weighted by molar-refractivity contribution is -0.137. The maximum Gasteiger partial charge on any atom is 0.390 e. The van der Waals surface area contributed by atoms with Crippen molar-refractivity contribution in [1.82, 2.24) is 78.7 Å². The minimum Gasteiger partial charge on any atom is -0.490 e. The van der Waals surface area contributed by atoms with Gasteiger partial charge in [0.1, 0.15) is 51.8 Å². The van der Waals surface area contributed by atoms with E-state index in [-0.39, 0.29) is 66.0 Å². The first kappa shape index (κ1) is 78.0. The normalized spacial score (nSPS) is 18.3. The predicted octanol–water partition coefficient (Wildman–Crippen LogP) is 16.2. The van der Waals surface area contributed by atoms with Gasteiger partial charge in [0.2, 0.25) is 0 Å². The molecule has 113 heavy (non-hydrogen) atoms. The molecule has 0 spiro atoms. The van der Waals surface area contributed by atoms with E-state index in [2.05, 4.69) is 87.4 Å². The van der Waals surface area contributed by atoms with E-state index >= 15 is 0 Å². The van der Waals surface area contributed by atoms with E-state index < -0.39 is 12.6 Å². The Morgan fingerprint density at radius 3 is 1.19 bits per heavy atom. The number of aromatic amines is 1. The number of ketones is 4. The SMILES string of the molecule is C#Cc1ccc2[nH]nc(-c3cc(O[C@H](C)[C@H]4CCC(=O)C4)c4cn(C)nc4c3)c2c1.C[C@@H](Oc1cc(-c2ccn(C(C)(C)C)n2)cc2nn(C)cc12)[C@H]1CCC(=O)C1.C[C@@H](Oc1cc(-c2ccn(C)n2)cc2nn(C)cc12)[C@H]1CCC(=O)C1.C[C@@H](Oc1cc(-c2ccn(CCC(F)(F)F)n2)cc2nn(C)cc12)[C@H]1CCC(=O)C1. The molecule has 5 aromatic carbocycles. The molecule has 0 bridgehead atoms. The number of ether oxygens (including phenoxy) is 4. The van der Waals surface area contributed by atoms with Crippen LogP contribution in [-0.4, -0.2) is 132 Å². The number of alkyl halides is 3. The van der Waals surface area contributed by atoms with Crippen LogP contribution in [0.3, 0.4) is 0 Å². The summed E-state index contributed by atoms with van der Waals surface area (Å²) in [6, 6.07) is 27.4. The second kappa shape index (κ2) is 32.2. The third-order valence-electron chi connectivity index (χ3n) is 22.0. The zero-order valence-corrected chi connectivity index (χ0v) is 65.8. The average molecular weight is 1540 g/mol. The summed E-state index contributed by atoms with van der Waals surface area (Å²) in [5.41, 5.74) is 11.7. The smallest absolute Gasteiger partial charge is 0.390 e. The summed E-state index contributed by atoms with van der Waals surface area (Å²) in [5, 5.41) is 44.0. The third-order valence-corrected chi connectivity index (χ3v) is 22.0. The van der Waals surface area contributed by atoms with Gasteiger partial charge in [0.05, 0.1) is 103 Å². The number of carbonyl (C=O) groups is 4. The number of fused-ring (bicyclic) bond motifs is 5. The van der Waals surface area contributed by atoms with E-state index in [0.29, 0.717) is 85.7 Å². The fourth-order valence-corrected chi connectivity index (χ4v) is 15.6. The number of terminal acetylenes is 1. The highest BCUT2D eigenvalue weighted by Crippen LogP contribution is 2.42. The Morgan fingerprint density at radius 2 is 0.832 bits per heavy atom. The summed E-state index contributed by atoms with van der Waals surface area (Å²) >= 11 is 0. The van der Waals surface area contributed by atoms with Crippen LogP contribution in [0.2, 0.25) is 0 Å². The van der Waals surface area contributed by atoms with Crippen LogP contribution >= 0.6 is 0 Å². The molecule has 27 heteroatoms. The molecular formula is C86H95F3N16O8. The molecule has 0 aliphatic heterocycles. The van der Waals surface area contributed by atoms with Crippen LogP contribution in [0, 0.1) is 36.0 Å². The Hall–Kier alpha value is -11.7. The number of hydrogen-bond acceptors (Lipinski definition) is 16. The van der Waals surface area contributed by atoms with Gasteiger partial charge in [-0.2, -0.15) is 54.0 Å². The summed E-state index contributed by atoms with van der Waals surface area (Å²) in [4.78, 5) is 46.6. The summed E-state index contributed by atoms with van der Waals surface area (Å²) in [7, 11) is 9.43. The van der Waals surface area contributed by atoms with E-state index in [1.54, 1.807) is 29.5 Å². The highest BCUT2D eigenvalue weighted by Gasteiger charge is 2.34. The highest BCUT2D eigenvalue weighted by molar-refractivity contribution is 5.98. The standard InChI is InChI=1S/C24H22N4O2.C22H28N4O2.C21H23F3N4O2.C19H22N4O2/c1-4-15-5-8-21-19(9-15)24(26-25-21)17-11-22-20(13-28(3)27-22)23(12-17)30-14(2)16-6-7-18(29)10-16;1-14(15-6-7-17(27)10-15)28-21-12-16(11-20-18(21)13-25(5)23-20)19-8-9-26(24-19)22(2,3)4;1-13(14-3-4-16(29)9-14)30-20-11-15(10-19-17(20)12-27(2)25-19)18-5-7-28(26-18)8-6-21(22,23)24;1-12(13-4-5-15(24)8-13)25-19-10-14(17-6-7-22(2)20-17)9-18-16(19)11-23(3)21-18/h1,5,8-9,11-14,16H,6-7,10H2,2-3H3,(H,25,26);8-9,11-15H,6-7,10H2,1-5H3;5,7,10-14H,3-4,6,8-9H2,1-2H3;6-7,9-13H,4-5,8H2,1-3H3/t14-,16+;14-,15+;13-,14+;12-,13+/m1111/s1. The van der Waals surface area contributed by atoms with Crippen LogP contribution in [0.4, 0.5) is 13.2 Å². The Kier molecular flexibility index (Phi) is 22.2. The van der Waals surface area contributed by atoms with Gasteiger partial charge < -0.3 is 18.9 Å². The second-order valence-electron chi connectivity index (χ2n) is 31.8. The van der Waals surface area contributed by atoms with Crippen molar-refractivity contribution in [2.75, 3.05) is 0 Å². The molecule has 4 fully saturated rings. The summed E-state index contributed by atoms with van der Waals surface area (Å²) in [6.45, 7) is 14.3. The number of rotatable bonds is 18. The lowest BCUT2D eigenvalue weighted by atomic mass is 10.0. The Morgan fingerprint density at radius 1 is 0.460 bits per heavy atom. The number of benzene rings is 5. The number of aromatic nitrogens is 16. The Bertz CT molecular complexity index is 5750. The van der Waals surface area contributed by atoms with Crippen molar-refractivity contribution in [3.63, 3.8) is 0 Å². The van der Waals surface area contributed by atoms with Crippen LogP contribution in [0.25, 0.3) is 99.5 Å². The summed E-state index contributed by atoms with van der Waals surface area (Å²) in [5.74, 6) is 7.94. The van der Waals surface area contributed by atoms with Gasteiger partial charge in [0.15, 0.2) is 0 Å². The third kappa shape index (κ3) is 18.1. The van der Waals surface area contributed by atoms with Crippen LogP contribution in [-0.2, 0) is 66.5 Å². The molecule has 4 aliphatic rings. The van der Waals surface area contributed by atoms with Gasteiger partial charge in [-0.25, -0.2) is 0 Å². The molecule has 4 aliphatic carbocycles. The molecule has 13 aromatic rings. The molecule has 4 saturated carbocycles. The minimum atomic E-state index is -4.22. The zero-order valence-electron chi connectivity index (χ0n) is 65.8. The van der Waals surface area contributed by atoms with E-state index in [1.807, 2.05) is 164 Å². The van der Waals surface area contributed by atoms with Crippen molar-refractivity contribution in [1.29, 1.82) is 0 Å². The molecule has 8 aromatic heterocycles. The van der Waals surface area contributed by atoms with Gasteiger partial charge in [-0.3, -0.25) is 57.0 Å². The Labute approximate surface area is 652 Å². The van der Waals surface area contributed by atoms with Crippen molar-refractivity contribution in [2.45, 2.75) is 175 Å². The lowest BCUT2D eigenvalue weighted by Crippen LogP contribution is -2.22. The fourth-order valence-electron chi connectivity index (χ4n) is 15.6. The molecule has 588 valence electrons. The molecule has 8 atom stereocenters. The van der Waals surface area contributed by atoms with Gasteiger partial charge in [0, 0.05) is 193 Å². The van der Waals surface area contributed by atoms with Crippen LogP contribution in [0.5, 0.6) is 23.0 Å². The molecule has 17 rings (SSSR count). The number of halogens is 3. The van der Waals surface area contributed by atoms with Gasteiger partial charge in [-0.05, 0) is 159 Å². The molecule has 0 unspecified atom stereocenters. The second-order valence-corrected chi connectivity index (χ2v) is 31.8. The number of aryl methyl sites for hydroxylation is 6. The number of nitrogens with one attached hydrogen (secondary N) is 1. The van der Waals surface area contributed by atoms with Crippen molar-refractivity contribution in [3.05, 3.63) is 134 Å². The number of H-pyrrole nitrogens is 1. The number of nitrogens with zero attached hydrogens (tertiary/aromatic N) is 15. The molecule has 0 saturated heterocycles. The van der Waals surface area contributed by atoms with Gasteiger partial charge >= 0.3 is 6.18 Å². The quantitative estimate of drug-likeness (QED) is 0.0783. The van der Waals surface area contributed by atoms with Crippen molar-refractivity contribution in [3.8, 4) is 80.4 Å². The van der Waals surface area contributed by atoms with Crippen LogP contribution in [0.15, 0.2) is 128 Å². The topological polar surface area (TPSA) is 259 Å². The van der Waals surface area contributed by atoms with E-state index in [1.165, 1.54) is 10.9 Å². The monoisotopic (exact) mass is 1540 g/mol. The van der Waals surface area contributed by atoms with Gasteiger partial charge in [-0.15, -0.1) is 6.42 Å². The van der Waals surface area contributed by atoms with Crippen LogP contribution in [0.1, 0.15) is 138 Å². The molecule has 1 N–H and O–H groups in total. The van der Waals surface area contributed by atoms with E-state index in [0.717, 1.165) is 137 Å². The van der Waals surface area contributed by atoms with Crippen molar-refractivity contribution >= 4 is 77.6 Å². The van der Waals surface area contributed by atoms with Crippen molar-refractivity contribution in [2.24, 2.45) is 58.9 Å². The van der Waals surface area contributed by atoms with Crippen molar-refractivity contribution < 1.29 is 51.3 Å². The minimum absolute atomic E-state index is 0.00570. The highest BCUT2D eigenvalue weighted by atomic mass is 19.4. The maximum absolute atomic E-state index is 12.5. The fraction of sp³-hybridized carbons (Fsp3) is 0.419. The molecule has 0 amide bonds. The summed E-state index contributed by atoms with van der Waals surface area (Å²) < 4.78 is 74.9. The predicted molar refractivity (Wildman–Crippen MR) is 426 cm³/mol. The largest absolute Gasteiger partial charge is 0.490 e. The molecule has 0 radical (unpaired) electrons. The van der Waals surface area contributed by atoms with E-state index in [4.69, 9.17) is 30.5 Å². The summed E-state index contributed by atoms with van der Waals surface area (Å²) in [6.07, 6.45) is 21.9. The number of Topliss-reactive ketones (excluding diaryl/α,β-unsaturated/α-hetero) is 4. The van der Waals surface area contributed by atoms with Gasteiger partial charge in [-0.1, -0.05) is 5.92 Å².